The highest BCUT2D eigenvalue weighted by atomic mass is 32.2. The van der Waals surface area contributed by atoms with Gasteiger partial charge in [0.2, 0.25) is 0 Å². The Bertz CT molecular complexity index is 397. The third kappa shape index (κ3) is 2.64. The van der Waals surface area contributed by atoms with Crippen molar-refractivity contribution in [3.8, 4) is 6.07 Å². The summed E-state index contributed by atoms with van der Waals surface area (Å²) in [6.07, 6.45) is 6.58. The van der Waals surface area contributed by atoms with Crippen LogP contribution in [0.4, 0.5) is 5.82 Å². The molecule has 2 rings (SSSR count). The Balaban J connectivity index is 2.14. The van der Waals surface area contributed by atoms with Crippen molar-refractivity contribution in [2.45, 2.75) is 30.3 Å². The Labute approximate surface area is 99.7 Å². The third-order valence-electron chi connectivity index (χ3n) is 2.58. The molecule has 0 aromatic carbocycles. The van der Waals surface area contributed by atoms with Crippen molar-refractivity contribution >= 4 is 17.6 Å². The second-order valence-corrected chi connectivity index (χ2v) is 4.58. The lowest BCUT2D eigenvalue weighted by Crippen LogP contribution is -2.27. The highest BCUT2D eigenvalue weighted by molar-refractivity contribution is 7.98. The van der Waals surface area contributed by atoms with Gasteiger partial charge in [0, 0.05) is 18.7 Å². The Kier molecular flexibility index (Phi) is 3.62. The lowest BCUT2D eigenvalue weighted by Gasteiger charge is -2.22. The van der Waals surface area contributed by atoms with Crippen molar-refractivity contribution in [3.05, 3.63) is 12.4 Å². The van der Waals surface area contributed by atoms with Crippen LogP contribution in [0, 0.1) is 11.3 Å². The fourth-order valence-corrected chi connectivity index (χ4v) is 2.02. The van der Waals surface area contributed by atoms with E-state index in [-0.39, 0.29) is 0 Å². The molecule has 0 amide bonds. The summed E-state index contributed by atoms with van der Waals surface area (Å²) in [5.41, 5.74) is 0. The van der Waals surface area contributed by atoms with E-state index in [0.717, 1.165) is 17.4 Å². The normalized spacial score (nSPS) is 14.5. The molecule has 1 aromatic heterocycles. The monoisotopic (exact) mass is 234 g/mol. The maximum atomic E-state index is 8.65. The van der Waals surface area contributed by atoms with Crippen molar-refractivity contribution < 1.29 is 0 Å². The first-order valence-electron chi connectivity index (χ1n) is 5.35. The fourth-order valence-electron chi connectivity index (χ4n) is 1.64. The molecular formula is C11H14N4S. The maximum absolute atomic E-state index is 8.65. The molecule has 1 aliphatic carbocycles. The van der Waals surface area contributed by atoms with Crippen molar-refractivity contribution in [2.75, 3.05) is 17.7 Å². The summed E-state index contributed by atoms with van der Waals surface area (Å²) in [6.45, 7) is 0.770. The molecule has 1 aromatic rings. The zero-order valence-electron chi connectivity index (χ0n) is 9.26. The van der Waals surface area contributed by atoms with E-state index in [4.69, 9.17) is 5.26 Å². The van der Waals surface area contributed by atoms with Crippen LogP contribution in [-0.2, 0) is 0 Å². The number of nitrogens with zero attached hydrogens (tertiary/aromatic N) is 4. The predicted molar refractivity (Wildman–Crippen MR) is 64.4 cm³/mol. The van der Waals surface area contributed by atoms with E-state index in [9.17, 15) is 0 Å². The van der Waals surface area contributed by atoms with Gasteiger partial charge in [0.1, 0.15) is 17.2 Å². The van der Waals surface area contributed by atoms with E-state index in [2.05, 4.69) is 20.9 Å². The van der Waals surface area contributed by atoms with Gasteiger partial charge in [-0.15, -0.1) is 11.8 Å². The molecule has 0 saturated heterocycles. The summed E-state index contributed by atoms with van der Waals surface area (Å²) in [5.74, 6) is 0.956. The van der Waals surface area contributed by atoms with Gasteiger partial charge < -0.3 is 4.90 Å². The van der Waals surface area contributed by atoms with Gasteiger partial charge in [0.25, 0.3) is 0 Å². The first-order valence-corrected chi connectivity index (χ1v) is 6.57. The van der Waals surface area contributed by atoms with Gasteiger partial charge in [0.05, 0.1) is 12.5 Å². The van der Waals surface area contributed by atoms with E-state index in [1.165, 1.54) is 12.8 Å². The topological polar surface area (TPSA) is 52.8 Å². The predicted octanol–water partition coefficient (Wildman–Crippen LogP) is 2.08. The minimum atomic E-state index is 0.551. The Morgan fingerprint density at radius 1 is 1.56 bits per heavy atom. The molecule has 0 atom stereocenters. The standard InChI is InChI=1S/C11H14N4S/c1-16-11-7-10(13-8-14-11)15(6-2-5-12)9-3-4-9/h7-9H,2-4,6H2,1H3. The molecule has 4 nitrogen and oxygen atoms in total. The van der Waals surface area contributed by atoms with Gasteiger partial charge in [0.15, 0.2) is 0 Å². The van der Waals surface area contributed by atoms with Crippen LogP contribution < -0.4 is 4.90 Å². The average molecular weight is 234 g/mol. The van der Waals surface area contributed by atoms with Gasteiger partial charge in [-0.25, -0.2) is 9.97 Å². The molecule has 1 aliphatic rings. The van der Waals surface area contributed by atoms with Gasteiger partial charge in [-0.2, -0.15) is 5.26 Å². The number of thioether (sulfide) groups is 1. The SMILES string of the molecule is CSc1cc(N(CCC#N)C2CC2)ncn1. The summed E-state index contributed by atoms with van der Waals surface area (Å²) < 4.78 is 0. The van der Waals surface area contributed by atoms with Crippen LogP contribution in [0.3, 0.4) is 0 Å². The van der Waals surface area contributed by atoms with Crippen molar-refractivity contribution in [3.63, 3.8) is 0 Å². The van der Waals surface area contributed by atoms with Crippen LogP contribution in [-0.4, -0.2) is 28.8 Å². The molecule has 1 fully saturated rings. The molecule has 16 heavy (non-hydrogen) atoms. The molecule has 1 saturated carbocycles. The maximum Gasteiger partial charge on any atom is 0.133 e. The molecular weight excluding hydrogens is 220 g/mol. The zero-order valence-corrected chi connectivity index (χ0v) is 10.1. The molecule has 0 bridgehead atoms. The second-order valence-electron chi connectivity index (χ2n) is 3.75. The van der Waals surface area contributed by atoms with Gasteiger partial charge in [-0.3, -0.25) is 0 Å². The number of anilines is 1. The van der Waals surface area contributed by atoms with Crippen LogP contribution in [0.25, 0.3) is 0 Å². The van der Waals surface area contributed by atoms with Crippen LogP contribution in [0.15, 0.2) is 17.4 Å². The van der Waals surface area contributed by atoms with Crippen molar-refractivity contribution in [1.29, 1.82) is 5.26 Å². The van der Waals surface area contributed by atoms with Crippen LogP contribution in [0.5, 0.6) is 0 Å². The molecule has 0 radical (unpaired) electrons. The number of nitriles is 1. The number of aromatic nitrogens is 2. The van der Waals surface area contributed by atoms with E-state index in [0.29, 0.717) is 12.5 Å². The van der Waals surface area contributed by atoms with E-state index in [1.54, 1.807) is 18.1 Å². The summed E-state index contributed by atoms with van der Waals surface area (Å²) in [4.78, 5) is 10.7. The molecule has 0 aliphatic heterocycles. The lowest BCUT2D eigenvalue weighted by atomic mass is 10.3. The Hall–Kier alpha value is -1.28. The summed E-state index contributed by atoms with van der Waals surface area (Å²) >= 11 is 1.61. The zero-order chi connectivity index (χ0) is 11.4. The van der Waals surface area contributed by atoms with Crippen LogP contribution in [0.1, 0.15) is 19.3 Å². The Morgan fingerprint density at radius 3 is 3.00 bits per heavy atom. The van der Waals surface area contributed by atoms with Gasteiger partial charge in [-0.1, -0.05) is 0 Å². The summed E-state index contributed by atoms with van der Waals surface area (Å²) in [5, 5.41) is 9.63. The van der Waals surface area contributed by atoms with Crippen LogP contribution >= 0.6 is 11.8 Å². The molecule has 5 heteroatoms. The molecule has 1 heterocycles. The first-order chi connectivity index (χ1) is 7.85. The van der Waals surface area contributed by atoms with Crippen LogP contribution in [0.2, 0.25) is 0 Å². The molecule has 0 N–H and O–H groups in total. The number of hydrogen-bond acceptors (Lipinski definition) is 5. The molecule has 0 spiro atoms. The van der Waals surface area contributed by atoms with E-state index >= 15 is 0 Å². The smallest absolute Gasteiger partial charge is 0.133 e. The minimum absolute atomic E-state index is 0.551. The lowest BCUT2D eigenvalue weighted by molar-refractivity contribution is 0.770. The largest absolute Gasteiger partial charge is 0.352 e. The quantitative estimate of drug-likeness (QED) is 0.576. The second kappa shape index (κ2) is 5.17. The summed E-state index contributed by atoms with van der Waals surface area (Å²) in [6, 6.07) is 4.77. The average Bonchev–Trinajstić information content (AvgIpc) is 3.14. The number of rotatable bonds is 5. The highest BCUT2D eigenvalue weighted by Gasteiger charge is 2.29. The van der Waals surface area contributed by atoms with Crippen molar-refractivity contribution in [1.82, 2.24) is 9.97 Å². The van der Waals surface area contributed by atoms with E-state index < -0.39 is 0 Å². The third-order valence-corrected chi connectivity index (χ3v) is 3.22. The molecule has 84 valence electrons. The van der Waals surface area contributed by atoms with Gasteiger partial charge >= 0.3 is 0 Å². The Morgan fingerprint density at radius 2 is 2.38 bits per heavy atom. The highest BCUT2D eigenvalue weighted by Crippen LogP contribution is 2.31. The summed E-state index contributed by atoms with van der Waals surface area (Å²) in [7, 11) is 0. The van der Waals surface area contributed by atoms with Gasteiger partial charge in [-0.05, 0) is 19.1 Å². The molecule has 0 unspecified atom stereocenters. The van der Waals surface area contributed by atoms with Crippen molar-refractivity contribution in [2.24, 2.45) is 0 Å². The number of hydrogen-bond donors (Lipinski definition) is 0. The minimum Gasteiger partial charge on any atom is -0.352 e. The van der Waals surface area contributed by atoms with E-state index in [1.807, 2.05) is 12.3 Å². The first kappa shape index (κ1) is 11.2. The fraction of sp³-hybridized carbons (Fsp3) is 0.545.